The van der Waals surface area contributed by atoms with Gasteiger partial charge in [0.1, 0.15) is 5.75 Å². The zero-order valence-corrected chi connectivity index (χ0v) is 18.0. The number of carboxylic acids is 1. The van der Waals surface area contributed by atoms with E-state index in [9.17, 15) is 14.7 Å². The van der Waals surface area contributed by atoms with Crippen molar-refractivity contribution < 1.29 is 19.4 Å². The van der Waals surface area contributed by atoms with E-state index in [2.05, 4.69) is 17.6 Å². The van der Waals surface area contributed by atoms with Gasteiger partial charge in [-0.05, 0) is 55.0 Å². The van der Waals surface area contributed by atoms with Crippen molar-refractivity contribution in [3.8, 4) is 5.75 Å². The van der Waals surface area contributed by atoms with E-state index in [1.807, 2.05) is 18.2 Å². The van der Waals surface area contributed by atoms with Gasteiger partial charge in [-0.15, -0.1) is 0 Å². The van der Waals surface area contributed by atoms with E-state index >= 15 is 0 Å². The van der Waals surface area contributed by atoms with Crippen molar-refractivity contribution >= 4 is 33.7 Å². The summed E-state index contributed by atoms with van der Waals surface area (Å²) in [6, 6.07) is 9.70. The number of aryl methyl sites for hydroxylation is 1. The number of nitrogens with zero attached hydrogens (tertiary/aromatic N) is 1. The van der Waals surface area contributed by atoms with Gasteiger partial charge in [-0.3, -0.25) is 4.79 Å². The normalized spacial score (nSPS) is 14.9. The van der Waals surface area contributed by atoms with Gasteiger partial charge < -0.3 is 20.1 Å². The summed E-state index contributed by atoms with van der Waals surface area (Å²) >= 11 is 0. The summed E-state index contributed by atoms with van der Waals surface area (Å²) in [5.74, 6) is -0.438. The van der Waals surface area contributed by atoms with E-state index in [-0.39, 0.29) is 0 Å². The van der Waals surface area contributed by atoms with Gasteiger partial charge in [0.05, 0.1) is 16.4 Å². The topological polar surface area (TPSA) is 94.6 Å². The number of rotatable bonds is 8. The van der Waals surface area contributed by atoms with Crippen LogP contribution in [0, 0.1) is 5.92 Å². The van der Waals surface area contributed by atoms with Crippen molar-refractivity contribution in [1.82, 2.24) is 4.57 Å². The second-order valence-corrected chi connectivity index (χ2v) is 8.60. The molecule has 0 bridgehead atoms. The summed E-state index contributed by atoms with van der Waals surface area (Å²) in [6.45, 7) is 2.56. The van der Waals surface area contributed by atoms with Gasteiger partial charge in [0.15, 0.2) is 6.61 Å². The lowest BCUT2D eigenvalue weighted by Crippen LogP contribution is -2.14. The molecule has 0 unspecified atom stereocenters. The van der Waals surface area contributed by atoms with Gasteiger partial charge >= 0.3 is 5.97 Å². The van der Waals surface area contributed by atoms with E-state index in [0.717, 1.165) is 46.8 Å². The number of hydrogen-bond donors (Lipinski definition) is 2. The molecule has 0 spiro atoms. The van der Waals surface area contributed by atoms with Crippen molar-refractivity contribution in [3.63, 3.8) is 0 Å². The molecular weight excluding hydrogens is 392 g/mol. The molecule has 3 aromatic rings. The highest BCUT2D eigenvalue weighted by atomic mass is 16.5. The van der Waals surface area contributed by atoms with Crippen LogP contribution in [-0.2, 0) is 17.8 Å². The number of primary amides is 1. The average molecular weight is 423 g/mol. The SMILES string of the molecule is CCCc1cc(OCC(=O)O)c2c3c(C(N)=O)cccc3n(CC3CCCCC3)c2c1. The highest BCUT2D eigenvalue weighted by Crippen LogP contribution is 2.40. The molecule has 1 aromatic heterocycles. The molecule has 1 aliphatic carbocycles. The summed E-state index contributed by atoms with van der Waals surface area (Å²) in [4.78, 5) is 23.5. The number of fused-ring (bicyclic) bond motifs is 3. The Balaban J connectivity index is 1.99. The fourth-order valence-corrected chi connectivity index (χ4v) is 4.99. The fourth-order valence-electron chi connectivity index (χ4n) is 4.99. The summed E-state index contributed by atoms with van der Waals surface area (Å²) in [6.07, 6.45) is 8.04. The molecule has 1 amide bonds. The Morgan fingerprint density at radius 2 is 1.90 bits per heavy atom. The maximum Gasteiger partial charge on any atom is 0.341 e. The zero-order valence-electron chi connectivity index (χ0n) is 18.0. The third-order valence-electron chi connectivity index (χ3n) is 6.34. The Hall–Kier alpha value is -3.02. The third-order valence-corrected chi connectivity index (χ3v) is 6.34. The molecule has 0 radical (unpaired) electrons. The monoisotopic (exact) mass is 422 g/mol. The van der Waals surface area contributed by atoms with E-state index in [4.69, 9.17) is 10.5 Å². The summed E-state index contributed by atoms with van der Waals surface area (Å²) in [5, 5.41) is 10.7. The second-order valence-electron chi connectivity index (χ2n) is 8.60. The Morgan fingerprint density at radius 3 is 2.58 bits per heavy atom. The summed E-state index contributed by atoms with van der Waals surface area (Å²) in [5.41, 5.74) is 9.21. The molecule has 3 N–H and O–H groups in total. The van der Waals surface area contributed by atoms with Gasteiger partial charge in [0.2, 0.25) is 5.91 Å². The number of aliphatic carboxylic acids is 1. The smallest absolute Gasteiger partial charge is 0.341 e. The molecule has 1 saturated carbocycles. The number of carbonyl (C=O) groups excluding carboxylic acids is 1. The van der Waals surface area contributed by atoms with Crippen molar-refractivity contribution in [2.75, 3.05) is 6.61 Å². The highest BCUT2D eigenvalue weighted by Gasteiger charge is 2.23. The van der Waals surface area contributed by atoms with Crippen LogP contribution in [0.4, 0.5) is 0 Å². The first kappa shape index (κ1) is 21.2. The van der Waals surface area contributed by atoms with Crippen LogP contribution in [-0.4, -0.2) is 28.2 Å². The molecule has 2 aromatic carbocycles. The number of amides is 1. The van der Waals surface area contributed by atoms with Crippen molar-refractivity contribution in [2.45, 2.75) is 58.4 Å². The molecule has 164 valence electrons. The second kappa shape index (κ2) is 9.00. The van der Waals surface area contributed by atoms with E-state index in [0.29, 0.717) is 17.2 Å². The number of benzene rings is 2. The predicted molar refractivity (Wildman–Crippen MR) is 122 cm³/mol. The molecular formula is C25H30N2O4. The standard InChI is InChI=1S/C25H30N2O4/c1-2-7-17-12-20-24(21(13-17)31-15-22(28)29)23-18(25(26)30)10-6-11-19(23)27(20)14-16-8-4-3-5-9-16/h6,10-13,16H,2-5,7-9,14-15H2,1H3,(H2,26,30)(H,28,29). The Bertz CT molecular complexity index is 1130. The fraction of sp³-hybridized carbons (Fsp3) is 0.440. The van der Waals surface area contributed by atoms with E-state index in [1.165, 1.54) is 32.1 Å². The lowest BCUT2D eigenvalue weighted by molar-refractivity contribution is -0.139. The molecule has 31 heavy (non-hydrogen) atoms. The first-order valence-corrected chi connectivity index (χ1v) is 11.2. The number of carboxylic acid groups (broad SMARTS) is 1. The van der Waals surface area contributed by atoms with Crippen LogP contribution in [0.2, 0.25) is 0 Å². The number of carbonyl (C=O) groups is 2. The molecule has 0 atom stereocenters. The maximum absolute atomic E-state index is 12.3. The predicted octanol–water partition coefficient (Wildman–Crippen LogP) is 4.89. The van der Waals surface area contributed by atoms with Crippen LogP contribution in [0.25, 0.3) is 21.8 Å². The number of nitrogens with two attached hydrogens (primary N) is 1. The first-order valence-electron chi connectivity index (χ1n) is 11.2. The number of ether oxygens (including phenoxy) is 1. The van der Waals surface area contributed by atoms with Crippen LogP contribution in [0.15, 0.2) is 30.3 Å². The van der Waals surface area contributed by atoms with Gasteiger partial charge in [-0.1, -0.05) is 38.7 Å². The van der Waals surface area contributed by atoms with Crippen LogP contribution in [0.3, 0.4) is 0 Å². The van der Waals surface area contributed by atoms with Crippen LogP contribution in [0.5, 0.6) is 5.75 Å². The van der Waals surface area contributed by atoms with Gasteiger partial charge in [0.25, 0.3) is 0 Å². The Kier molecular flexibility index (Phi) is 6.16. The molecule has 0 aliphatic heterocycles. The van der Waals surface area contributed by atoms with Crippen molar-refractivity contribution in [2.24, 2.45) is 11.7 Å². The largest absolute Gasteiger partial charge is 0.481 e. The summed E-state index contributed by atoms with van der Waals surface area (Å²) < 4.78 is 8.04. The van der Waals surface area contributed by atoms with Crippen LogP contribution >= 0.6 is 0 Å². The number of hydrogen-bond acceptors (Lipinski definition) is 3. The van der Waals surface area contributed by atoms with Crippen molar-refractivity contribution in [1.29, 1.82) is 0 Å². The quantitative estimate of drug-likeness (QED) is 0.540. The first-order chi connectivity index (χ1) is 15.0. The highest BCUT2D eigenvalue weighted by molar-refractivity contribution is 6.19. The minimum Gasteiger partial charge on any atom is -0.481 e. The van der Waals surface area contributed by atoms with Crippen LogP contribution < -0.4 is 10.5 Å². The lowest BCUT2D eigenvalue weighted by Gasteiger charge is -2.23. The molecule has 0 saturated heterocycles. The molecule has 6 nitrogen and oxygen atoms in total. The molecule has 1 heterocycles. The van der Waals surface area contributed by atoms with E-state index in [1.54, 1.807) is 6.07 Å². The molecule has 4 rings (SSSR count). The zero-order chi connectivity index (χ0) is 22.0. The van der Waals surface area contributed by atoms with Crippen LogP contribution in [0.1, 0.15) is 61.4 Å². The molecule has 1 fully saturated rings. The molecule has 6 heteroatoms. The lowest BCUT2D eigenvalue weighted by atomic mass is 9.89. The third kappa shape index (κ3) is 4.24. The van der Waals surface area contributed by atoms with E-state index < -0.39 is 18.5 Å². The minimum absolute atomic E-state index is 0.432. The van der Waals surface area contributed by atoms with Crippen molar-refractivity contribution in [3.05, 3.63) is 41.5 Å². The number of aromatic nitrogens is 1. The maximum atomic E-state index is 12.3. The van der Waals surface area contributed by atoms with Gasteiger partial charge in [-0.25, -0.2) is 4.79 Å². The van der Waals surface area contributed by atoms with Gasteiger partial charge in [-0.2, -0.15) is 0 Å². The minimum atomic E-state index is -1.03. The van der Waals surface area contributed by atoms with Gasteiger partial charge in [0, 0.05) is 17.5 Å². The average Bonchev–Trinajstić information content (AvgIpc) is 3.06. The summed E-state index contributed by atoms with van der Waals surface area (Å²) in [7, 11) is 0. The Labute approximate surface area is 182 Å². The Morgan fingerprint density at radius 1 is 1.13 bits per heavy atom. The molecule has 1 aliphatic rings.